The first-order chi connectivity index (χ1) is 4.66. The van der Waals surface area contributed by atoms with Gasteiger partial charge in [-0.15, -0.1) is 0 Å². The molecule has 1 unspecified atom stereocenters. The number of aliphatic hydroxyl groups excluding tert-OH is 1. The van der Waals surface area contributed by atoms with Crippen LogP contribution in [0, 0.1) is 5.92 Å². The molecule has 1 aliphatic heterocycles. The first-order valence-corrected chi connectivity index (χ1v) is 3.57. The zero-order chi connectivity index (χ0) is 7.72. The minimum absolute atomic E-state index is 0.0775. The van der Waals surface area contributed by atoms with E-state index in [-0.39, 0.29) is 24.7 Å². The summed E-state index contributed by atoms with van der Waals surface area (Å²) in [7, 11) is 0. The van der Waals surface area contributed by atoms with Gasteiger partial charge in [0.1, 0.15) is 6.17 Å². The summed E-state index contributed by atoms with van der Waals surface area (Å²) in [6.45, 7) is 3.37. The van der Waals surface area contributed by atoms with Crippen molar-refractivity contribution in [2.24, 2.45) is 5.92 Å². The lowest BCUT2D eigenvalue weighted by Crippen LogP contribution is -2.21. The van der Waals surface area contributed by atoms with E-state index in [1.165, 1.54) is 0 Å². The van der Waals surface area contributed by atoms with Crippen LogP contribution in [0.25, 0.3) is 0 Å². The second-order valence-electron chi connectivity index (χ2n) is 2.87. The summed E-state index contributed by atoms with van der Waals surface area (Å²) in [6.07, 6.45) is -1.57. The number of hydrogen-bond donors (Lipinski definition) is 1. The molecule has 2 nitrogen and oxygen atoms in total. The van der Waals surface area contributed by atoms with Crippen LogP contribution in [-0.2, 0) is 4.74 Å². The zero-order valence-corrected chi connectivity index (χ0v) is 6.25. The molecule has 0 bridgehead atoms. The largest absolute Gasteiger partial charge is 0.394 e. The van der Waals surface area contributed by atoms with Gasteiger partial charge < -0.3 is 9.84 Å². The number of ether oxygens (including phenoxy) is 1. The Morgan fingerprint density at radius 2 is 2.10 bits per heavy atom. The maximum Gasteiger partial charge on any atom is 0.131 e. The molecule has 0 amide bonds. The molecule has 1 aliphatic rings. The van der Waals surface area contributed by atoms with Crippen LogP contribution in [-0.4, -0.2) is 30.1 Å². The fourth-order valence-corrected chi connectivity index (χ4v) is 1.32. The Balaban J connectivity index is 2.53. The highest BCUT2D eigenvalue weighted by Gasteiger charge is 2.38. The van der Waals surface area contributed by atoms with Crippen LogP contribution in [0.1, 0.15) is 13.8 Å². The Labute approximate surface area is 60.0 Å². The molecule has 0 spiro atoms. The maximum absolute atomic E-state index is 12.9. The van der Waals surface area contributed by atoms with Gasteiger partial charge in [-0.05, 0) is 6.92 Å². The summed E-state index contributed by atoms with van der Waals surface area (Å²) in [4.78, 5) is 0. The molecule has 1 heterocycles. The monoisotopic (exact) mass is 148 g/mol. The molecular formula is C7H13FO2. The van der Waals surface area contributed by atoms with Gasteiger partial charge in [0.25, 0.3) is 0 Å². The van der Waals surface area contributed by atoms with Crippen LogP contribution < -0.4 is 0 Å². The van der Waals surface area contributed by atoms with E-state index < -0.39 is 6.17 Å². The molecule has 3 heteroatoms. The normalized spacial score (nSPS) is 48.0. The molecule has 0 saturated carbocycles. The van der Waals surface area contributed by atoms with Crippen molar-refractivity contribution in [2.45, 2.75) is 32.2 Å². The van der Waals surface area contributed by atoms with Gasteiger partial charge in [-0.1, -0.05) is 6.92 Å². The smallest absolute Gasteiger partial charge is 0.131 e. The van der Waals surface area contributed by atoms with Gasteiger partial charge in [0.2, 0.25) is 0 Å². The van der Waals surface area contributed by atoms with Crippen LogP contribution in [0.4, 0.5) is 4.39 Å². The quantitative estimate of drug-likeness (QED) is 0.594. The van der Waals surface area contributed by atoms with Crippen molar-refractivity contribution >= 4 is 0 Å². The summed E-state index contributed by atoms with van der Waals surface area (Å²) < 4.78 is 18.0. The van der Waals surface area contributed by atoms with Crippen LogP contribution in [0.2, 0.25) is 0 Å². The molecule has 60 valence electrons. The van der Waals surface area contributed by atoms with Crippen LogP contribution >= 0.6 is 0 Å². The average Bonchev–Trinajstić information content (AvgIpc) is 2.17. The minimum Gasteiger partial charge on any atom is -0.394 e. The van der Waals surface area contributed by atoms with Gasteiger partial charge in [0, 0.05) is 5.92 Å². The standard InChI is InChI=1S/C7H13FO2/c1-4-6(3-9)10-5(2)7(4)8/h4-7,9H,3H2,1-2H3/t4-,5?,6-,7-/m1/s1. The van der Waals surface area contributed by atoms with E-state index >= 15 is 0 Å². The summed E-state index contributed by atoms with van der Waals surface area (Å²) in [5, 5.41) is 8.68. The predicted molar refractivity (Wildman–Crippen MR) is 35.5 cm³/mol. The van der Waals surface area contributed by atoms with Gasteiger partial charge in [-0.3, -0.25) is 0 Å². The first kappa shape index (κ1) is 7.95. The molecule has 0 radical (unpaired) electrons. The van der Waals surface area contributed by atoms with Gasteiger partial charge in [-0.2, -0.15) is 0 Å². The second-order valence-corrected chi connectivity index (χ2v) is 2.87. The third kappa shape index (κ3) is 1.16. The lowest BCUT2D eigenvalue weighted by molar-refractivity contribution is 0.00461. The molecule has 0 aromatic rings. The van der Waals surface area contributed by atoms with E-state index in [4.69, 9.17) is 9.84 Å². The minimum atomic E-state index is -0.919. The van der Waals surface area contributed by atoms with Crippen molar-refractivity contribution in [3.8, 4) is 0 Å². The lowest BCUT2D eigenvalue weighted by atomic mass is 10.0. The molecule has 4 atom stereocenters. The van der Waals surface area contributed by atoms with Crippen LogP contribution in [0.3, 0.4) is 0 Å². The van der Waals surface area contributed by atoms with E-state index in [0.29, 0.717) is 0 Å². The van der Waals surface area contributed by atoms with Crippen molar-refractivity contribution in [1.82, 2.24) is 0 Å². The number of alkyl halides is 1. The van der Waals surface area contributed by atoms with Gasteiger partial charge >= 0.3 is 0 Å². The van der Waals surface area contributed by atoms with Crippen molar-refractivity contribution in [2.75, 3.05) is 6.61 Å². The number of aliphatic hydroxyl groups is 1. The molecule has 1 fully saturated rings. The van der Waals surface area contributed by atoms with Gasteiger partial charge in [-0.25, -0.2) is 4.39 Å². The van der Waals surface area contributed by atoms with Crippen LogP contribution in [0.15, 0.2) is 0 Å². The molecule has 0 aliphatic carbocycles. The molecular weight excluding hydrogens is 135 g/mol. The summed E-state index contributed by atoms with van der Waals surface area (Å²) >= 11 is 0. The highest BCUT2D eigenvalue weighted by atomic mass is 19.1. The third-order valence-corrected chi connectivity index (χ3v) is 2.11. The average molecular weight is 148 g/mol. The number of hydrogen-bond acceptors (Lipinski definition) is 2. The third-order valence-electron chi connectivity index (χ3n) is 2.11. The SMILES string of the molecule is CC1O[C@H](CO)[C@@H](C)[C@H]1F. The molecule has 0 aromatic carbocycles. The van der Waals surface area contributed by atoms with Crippen molar-refractivity contribution < 1.29 is 14.2 Å². The zero-order valence-electron chi connectivity index (χ0n) is 6.25. The van der Waals surface area contributed by atoms with Gasteiger partial charge in [0.15, 0.2) is 0 Å². The first-order valence-electron chi connectivity index (χ1n) is 3.57. The van der Waals surface area contributed by atoms with Gasteiger partial charge in [0.05, 0.1) is 18.8 Å². The fraction of sp³-hybridized carbons (Fsp3) is 1.00. The Morgan fingerprint density at radius 3 is 2.30 bits per heavy atom. The molecule has 1 N–H and O–H groups in total. The Morgan fingerprint density at radius 1 is 1.50 bits per heavy atom. The van der Waals surface area contributed by atoms with E-state index in [1.807, 2.05) is 0 Å². The van der Waals surface area contributed by atoms with E-state index in [0.717, 1.165) is 0 Å². The van der Waals surface area contributed by atoms with Crippen molar-refractivity contribution in [3.05, 3.63) is 0 Å². The highest BCUT2D eigenvalue weighted by Crippen LogP contribution is 2.28. The van der Waals surface area contributed by atoms with Crippen molar-refractivity contribution in [1.29, 1.82) is 0 Å². The van der Waals surface area contributed by atoms with E-state index in [9.17, 15) is 4.39 Å². The fourth-order valence-electron chi connectivity index (χ4n) is 1.32. The van der Waals surface area contributed by atoms with Crippen LogP contribution in [0.5, 0.6) is 0 Å². The Bertz CT molecular complexity index is 118. The summed E-state index contributed by atoms with van der Waals surface area (Å²) in [6, 6.07) is 0. The van der Waals surface area contributed by atoms with E-state index in [1.54, 1.807) is 13.8 Å². The molecule has 1 rings (SSSR count). The summed E-state index contributed by atoms with van der Waals surface area (Å²) in [5.74, 6) is -0.167. The Hall–Kier alpha value is -0.150. The molecule has 10 heavy (non-hydrogen) atoms. The number of rotatable bonds is 1. The topological polar surface area (TPSA) is 29.5 Å². The maximum atomic E-state index is 12.9. The summed E-state index contributed by atoms with van der Waals surface area (Å²) in [5.41, 5.74) is 0. The Kier molecular flexibility index (Phi) is 2.26. The lowest BCUT2D eigenvalue weighted by Gasteiger charge is -2.09. The second kappa shape index (κ2) is 2.84. The molecule has 1 saturated heterocycles. The predicted octanol–water partition coefficient (Wildman–Crippen LogP) is 0.740. The molecule has 0 aromatic heterocycles. The van der Waals surface area contributed by atoms with Crippen molar-refractivity contribution in [3.63, 3.8) is 0 Å². The number of halogens is 1. The van der Waals surface area contributed by atoms with E-state index in [2.05, 4.69) is 0 Å². The highest BCUT2D eigenvalue weighted by molar-refractivity contribution is 4.85.